The van der Waals surface area contributed by atoms with E-state index in [1.165, 1.54) is 19.6 Å². The molecule has 1 N–H and O–H groups in total. The molecule has 150 valence electrons. The maximum Gasteiger partial charge on any atom is 0.421 e. The maximum atomic E-state index is 13.3. The molecular weight excluding hydrogens is 375 g/mol. The van der Waals surface area contributed by atoms with Crippen LogP contribution in [0.4, 0.5) is 18.9 Å². The number of methoxy groups -OCH3 is 1. The number of nitrogens with zero attached hydrogens (tertiary/aromatic N) is 4. The highest BCUT2D eigenvalue weighted by Gasteiger charge is 2.36. The first-order valence-corrected chi connectivity index (χ1v) is 9.02. The molecule has 4 heterocycles. The highest BCUT2D eigenvalue weighted by Crippen LogP contribution is 2.38. The van der Waals surface area contributed by atoms with Crippen molar-refractivity contribution in [1.82, 2.24) is 20.3 Å². The second-order valence-electron chi connectivity index (χ2n) is 6.76. The number of fused-ring (bicyclic) bond motifs is 1. The number of anilines is 1. The first kappa shape index (κ1) is 18.7. The molecule has 4 rings (SSSR count). The van der Waals surface area contributed by atoms with Crippen LogP contribution in [0.25, 0.3) is 0 Å². The van der Waals surface area contributed by atoms with Crippen molar-refractivity contribution < 1.29 is 22.6 Å². The molecule has 0 radical (unpaired) electrons. The van der Waals surface area contributed by atoms with Crippen molar-refractivity contribution in [1.29, 1.82) is 0 Å². The van der Waals surface area contributed by atoms with Gasteiger partial charge in [0.25, 0.3) is 0 Å². The van der Waals surface area contributed by atoms with E-state index >= 15 is 0 Å². The molecule has 10 heteroatoms. The largest absolute Gasteiger partial charge is 0.481 e. The molecule has 2 aliphatic rings. The van der Waals surface area contributed by atoms with Crippen LogP contribution >= 0.6 is 0 Å². The number of aromatic nitrogens is 3. The second kappa shape index (κ2) is 7.42. The predicted molar refractivity (Wildman–Crippen MR) is 94.5 cm³/mol. The summed E-state index contributed by atoms with van der Waals surface area (Å²) in [5, 5.41) is 3.23. The topological polar surface area (TPSA) is 72.4 Å². The molecule has 2 aromatic heterocycles. The van der Waals surface area contributed by atoms with Gasteiger partial charge in [-0.05, 0) is 19.0 Å². The number of hydrogen-bond donors (Lipinski definition) is 1. The Kier molecular flexibility index (Phi) is 4.96. The van der Waals surface area contributed by atoms with Crippen LogP contribution in [0.1, 0.15) is 23.2 Å². The van der Waals surface area contributed by atoms with Crippen LogP contribution in [-0.4, -0.2) is 47.8 Å². The standard InChI is InChI=1S/C18H20F3N5O2/c1-27-17-14(18(19,20)21)6-11(7-23-17)26-5-3-15-13(9-26)16(25-10-24-15)28-12-2-4-22-8-12/h6-7,10,12,22H,2-5,8-9H2,1H3. The van der Waals surface area contributed by atoms with Gasteiger partial charge < -0.3 is 19.7 Å². The zero-order chi connectivity index (χ0) is 19.7. The van der Waals surface area contributed by atoms with E-state index in [-0.39, 0.29) is 6.10 Å². The van der Waals surface area contributed by atoms with E-state index in [1.807, 2.05) is 4.90 Å². The Morgan fingerprint density at radius 3 is 2.79 bits per heavy atom. The van der Waals surface area contributed by atoms with Gasteiger partial charge in [0.1, 0.15) is 18.0 Å². The monoisotopic (exact) mass is 395 g/mol. The number of ether oxygens (including phenoxy) is 2. The molecule has 28 heavy (non-hydrogen) atoms. The van der Waals surface area contributed by atoms with Gasteiger partial charge in [-0.1, -0.05) is 0 Å². The number of halogens is 3. The average Bonchev–Trinajstić information content (AvgIpc) is 3.20. The van der Waals surface area contributed by atoms with E-state index in [1.54, 1.807) is 0 Å². The lowest BCUT2D eigenvalue weighted by Crippen LogP contribution is -2.32. The van der Waals surface area contributed by atoms with Crippen molar-refractivity contribution in [3.8, 4) is 11.8 Å². The quantitative estimate of drug-likeness (QED) is 0.851. The third-order valence-electron chi connectivity index (χ3n) is 4.96. The van der Waals surface area contributed by atoms with Crippen LogP contribution in [0, 0.1) is 0 Å². The van der Waals surface area contributed by atoms with Crippen LogP contribution < -0.4 is 19.7 Å². The molecule has 0 bridgehead atoms. The zero-order valence-corrected chi connectivity index (χ0v) is 15.3. The van der Waals surface area contributed by atoms with Crippen molar-refractivity contribution in [2.75, 3.05) is 31.6 Å². The molecule has 0 saturated carbocycles. The number of hydrogen-bond acceptors (Lipinski definition) is 7. The zero-order valence-electron chi connectivity index (χ0n) is 15.3. The first-order valence-electron chi connectivity index (χ1n) is 9.02. The minimum atomic E-state index is -4.55. The van der Waals surface area contributed by atoms with Gasteiger partial charge in [0, 0.05) is 19.5 Å². The minimum absolute atomic E-state index is 0.0360. The molecule has 1 saturated heterocycles. The van der Waals surface area contributed by atoms with Gasteiger partial charge in [0.2, 0.25) is 11.8 Å². The second-order valence-corrected chi connectivity index (χ2v) is 6.76. The summed E-state index contributed by atoms with van der Waals surface area (Å²) in [6.07, 6.45) is -0.166. The smallest absolute Gasteiger partial charge is 0.421 e. The van der Waals surface area contributed by atoms with E-state index in [4.69, 9.17) is 9.47 Å². The van der Waals surface area contributed by atoms with Crippen LogP contribution in [-0.2, 0) is 19.1 Å². The van der Waals surface area contributed by atoms with Gasteiger partial charge in [0.05, 0.1) is 36.8 Å². The molecular formula is C18H20F3N5O2. The fourth-order valence-electron chi connectivity index (χ4n) is 3.50. The molecule has 1 atom stereocenters. The maximum absolute atomic E-state index is 13.3. The van der Waals surface area contributed by atoms with Crippen LogP contribution in [0.3, 0.4) is 0 Å². The third kappa shape index (κ3) is 3.68. The van der Waals surface area contributed by atoms with Crippen molar-refractivity contribution in [3.63, 3.8) is 0 Å². The van der Waals surface area contributed by atoms with Crippen molar-refractivity contribution in [3.05, 3.63) is 35.4 Å². The van der Waals surface area contributed by atoms with Gasteiger partial charge >= 0.3 is 6.18 Å². The summed E-state index contributed by atoms with van der Waals surface area (Å²) in [4.78, 5) is 14.3. The van der Waals surface area contributed by atoms with Crippen LogP contribution in [0.5, 0.6) is 11.8 Å². The molecule has 2 aromatic rings. The molecule has 0 spiro atoms. The molecule has 0 aromatic carbocycles. The summed E-state index contributed by atoms with van der Waals surface area (Å²) in [7, 11) is 1.17. The molecule has 1 fully saturated rings. The normalized spacial score (nSPS) is 19.4. The van der Waals surface area contributed by atoms with Gasteiger partial charge in [0.15, 0.2) is 0 Å². The molecule has 7 nitrogen and oxygen atoms in total. The summed E-state index contributed by atoms with van der Waals surface area (Å²) in [6, 6.07) is 1.07. The Labute approximate surface area is 159 Å². The van der Waals surface area contributed by atoms with E-state index in [9.17, 15) is 13.2 Å². The minimum Gasteiger partial charge on any atom is -0.481 e. The van der Waals surface area contributed by atoms with Crippen molar-refractivity contribution in [2.24, 2.45) is 0 Å². The van der Waals surface area contributed by atoms with E-state index < -0.39 is 17.6 Å². The highest BCUT2D eigenvalue weighted by molar-refractivity contribution is 5.53. The van der Waals surface area contributed by atoms with Crippen molar-refractivity contribution in [2.45, 2.75) is 31.7 Å². The molecule has 1 unspecified atom stereocenters. The fourth-order valence-corrected chi connectivity index (χ4v) is 3.50. The summed E-state index contributed by atoms with van der Waals surface area (Å²) >= 11 is 0. The summed E-state index contributed by atoms with van der Waals surface area (Å²) in [5.74, 6) is 0.0654. The first-order chi connectivity index (χ1) is 13.5. The molecule has 0 aliphatic carbocycles. The summed E-state index contributed by atoms with van der Waals surface area (Å²) < 4.78 is 50.8. The predicted octanol–water partition coefficient (Wildman–Crippen LogP) is 2.20. The lowest BCUT2D eigenvalue weighted by Gasteiger charge is -2.31. The third-order valence-corrected chi connectivity index (χ3v) is 4.96. The Hall–Kier alpha value is -2.62. The number of pyridine rings is 1. The van der Waals surface area contributed by atoms with Crippen molar-refractivity contribution >= 4 is 5.69 Å². The lowest BCUT2D eigenvalue weighted by atomic mass is 10.1. The Morgan fingerprint density at radius 2 is 2.07 bits per heavy atom. The average molecular weight is 395 g/mol. The fraction of sp³-hybridized carbons (Fsp3) is 0.500. The Bertz CT molecular complexity index is 856. The van der Waals surface area contributed by atoms with E-state index in [0.717, 1.165) is 36.8 Å². The van der Waals surface area contributed by atoms with Gasteiger partial charge in [-0.3, -0.25) is 0 Å². The number of nitrogens with one attached hydrogen (secondary N) is 1. The van der Waals surface area contributed by atoms with Gasteiger partial charge in [-0.15, -0.1) is 0 Å². The van der Waals surface area contributed by atoms with E-state index in [0.29, 0.717) is 31.1 Å². The number of rotatable bonds is 4. The Morgan fingerprint density at radius 1 is 1.21 bits per heavy atom. The van der Waals surface area contributed by atoms with Crippen LogP contribution in [0.2, 0.25) is 0 Å². The lowest BCUT2D eigenvalue weighted by molar-refractivity contribution is -0.139. The van der Waals surface area contributed by atoms with Crippen LogP contribution in [0.15, 0.2) is 18.6 Å². The molecule has 0 amide bonds. The SMILES string of the molecule is COc1ncc(N2CCc3ncnc(OC4CCNC4)c3C2)cc1C(F)(F)F. The van der Waals surface area contributed by atoms with E-state index in [2.05, 4.69) is 20.3 Å². The highest BCUT2D eigenvalue weighted by atomic mass is 19.4. The van der Waals surface area contributed by atoms with Gasteiger partial charge in [-0.2, -0.15) is 13.2 Å². The molecule has 2 aliphatic heterocycles. The summed E-state index contributed by atoms with van der Waals surface area (Å²) in [5.41, 5.74) is 1.15. The Balaban J connectivity index is 1.62. The van der Waals surface area contributed by atoms with Gasteiger partial charge in [-0.25, -0.2) is 15.0 Å². The number of alkyl halides is 3. The summed E-state index contributed by atoms with van der Waals surface area (Å²) in [6.45, 7) is 2.53.